The summed E-state index contributed by atoms with van der Waals surface area (Å²) in [6.07, 6.45) is 4.66. The molecule has 0 amide bonds. The van der Waals surface area contributed by atoms with Gasteiger partial charge in [-0.05, 0) is 25.8 Å². The number of aliphatic hydroxyl groups is 1. The van der Waals surface area contributed by atoms with Gasteiger partial charge in [-0.15, -0.1) is 0 Å². The van der Waals surface area contributed by atoms with Crippen LogP contribution in [0.2, 0.25) is 0 Å². The highest BCUT2D eigenvalue weighted by atomic mass is 16.4. The third kappa shape index (κ3) is 2.79. The van der Waals surface area contributed by atoms with Gasteiger partial charge in [-0.3, -0.25) is 4.98 Å². The van der Waals surface area contributed by atoms with Crippen LogP contribution in [0.5, 0.6) is 0 Å². The maximum Gasteiger partial charge on any atom is 0.339 e. The largest absolute Gasteiger partial charge is 0.478 e. The van der Waals surface area contributed by atoms with Crippen molar-refractivity contribution < 1.29 is 15.0 Å². The van der Waals surface area contributed by atoms with E-state index in [2.05, 4.69) is 10.3 Å². The van der Waals surface area contributed by atoms with Crippen molar-refractivity contribution >= 4 is 11.7 Å². The monoisotopic (exact) mass is 250 g/mol. The zero-order chi connectivity index (χ0) is 13.1. The molecule has 1 aliphatic carbocycles. The topological polar surface area (TPSA) is 82.5 Å². The van der Waals surface area contributed by atoms with Crippen LogP contribution in [0.1, 0.15) is 41.7 Å². The molecule has 1 fully saturated rings. The summed E-state index contributed by atoms with van der Waals surface area (Å²) in [4.78, 5) is 15.1. The lowest BCUT2D eigenvalue weighted by atomic mass is 9.92. The number of carboxylic acid groups (broad SMARTS) is 1. The molecule has 1 saturated carbocycles. The van der Waals surface area contributed by atoms with E-state index < -0.39 is 12.1 Å². The van der Waals surface area contributed by atoms with Crippen molar-refractivity contribution in [3.8, 4) is 0 Å². The molecule has 0 radical (unpaired) electrons. The van der Waals surface area contributed by atoms with E-state index in [1.807, 2.05) is 6.92 Å². The predicted octanol–water partition coefficient (Wildman–Crippen LogP) is 1.80. The Hall–Kier alpha value is -1.62. The number of anilines is 1. The Morgan fingerprint density at radius 2 is 2.17 bits per heavy atom. The number of nitrogens with zero attached hydrogens (tertiary/aromatic N) is 1. The quantitative estimate of drug-likeness (QED) is 0.762. The van der Waals surface area contributed by atoms with E-state index in [0.717, 1.165) is 31.4 Å². The smallest absolute Gasteiger partial charge is 0.339 e. The Morgan fingerprint density at radius 1 is 1.44 bits per heavy atom. The van der Waals surface area contributed by atoms with Crippen LogP contribution in [0.4, 0.5) is 5.69 Å². The summed E-state index contributed by atoms with van der Waals surface area (Å²) in [5.41, 5.74) is 1.45. The van der Waals surface area contributed by atoms with E-state index in [1.54, 1.807) is 6.07 Å². The second kappa shape index (κ2) is 5.35. The van der Waals surface area contributed by atoms with Gasteiger partial charge in [-0.2, -0.15) is 0 Å². The van der Waals surface area contributed by atoms with Gasteiger partial charge in [0.25, 0.3) is 0 Å². The molecule has 3 N–H and O–H groups in total. The van der Waals surface area contributed by atoms with Crippen LogP contribution >= 0.6 is 0 Å². The number of aryl methyl sites for hydroxylation is 1. The summed E-state index contributed by atoms with van der Waals surface area (Å²) >= 11 is 0. The maximum atomic E-state index is 11.1. The molecule has 0 aromatic carbocycles. The fraction of sp³-hybridized carbons (Fsp3) is 0.538. The van der Waals surface area contributed by atoms with E-state index in [4.69, 9.17) is 5.11 Å². The Balaban J connectivity index is 2.21. The zero-order valence-electron chi connectivity index (χ0n) is 10.4. The molecular formula is C13H18N2O3. The molecule has 2 unspecified atom stereocenters. The van der Waals surface area contributed by atoms with Gasteiger partial charge in [0.2, 0.25) is 0 Å². The van der Waals surface area contributed by atoms with Gasteiger partial charge in [-0.25, -0.2) is 4.79 Å². The molecule has 1 heterocycles. The lowest BCUT2D eigenvalue weighted by Gasteiger charge is -2.29. The number of nitrogens with one attached hydrogen (secondary N) is 1. The summed E-state index contributed by atoms with van der Waals surface area (Å²) < 4.78 is 0. The molecule has 18 heavy (non-hydrogen) atoms. The summed E-state index contributed by atoms with van der Waals surface area (Å²) in [6, 6.07) is 1.64. The molecule has 1 aromatic heterocycles. The Morgan fingerprint density at radius 3 is 2.83 bits per heavy atom. The average Bonchev–Trinajstić information content (AvgIpc) is 2.32. The number of aromatic nitrogens is 1. The molecule has 5 heteroatoms. The molecule has 0 spiro atoms. The highest BCUT2D eigenvalue weighted by Gasteiger charge is 2.24. The third-order valence-electron chi connectivity index (χ3n) is 3.34. The van der Waals surface area contributed by atoms with Crippen molar-refractivity contribution in [1.29, 1.82) is 0 Å². The fourth-order valence-electron chi connectivity index (χ4n) is 2.33. The van der Waals surface area contributed by atoms with Gasteiger partial charge in [0.05, 0.1) is 17.8 Å². The standard InChI is InChI=1S/C13H18N2O3/c1-8-6-11(9(7-14-8)13(17)18)15-10-4-2-3-5-12(10)16/h6-7,10,12,16H,2-5H2,1H3,(H,14,15)(H,17,18). The lowest BCUT2D eigenvalue weighted by Crippen LogP contribution is -2.36. The number of carboxylic acids is 1. The highest BCUT2D eigenvalue weighted by Crippen LogP contribution is 2.24. The highest BCUT2D eigenvalue weighted by molar-refractivity contribution is 5.93. The van der Waals surface area contributed by atoms with E-state index in [-0.39, 0.29) is 11.6 Å². The molecular weight excluding hydrogens is 232 g/mol. The number of hydrogen-bond donors (Lipinski definition) is 3. The van der Waals surface area contributed by atoms with Crippen LogP contribution in [-0.4, -0.2) is 33.3 Å². The minimum atomic E-state index is -1.00. The van der Waals surface area contributed by atoms with Gasteiger partial charge in [0.15, 0.2) is 0 Å². The Kier molecular flexibility index (Phi) is 3.81. The number of hydrogen-bond acceptors (Lipinski definition) is 4. The molecule has 0 saturated heterocycles. The summed E-state index contributed by atoms with van der Waals surface area (Å²) in [5.74, 6) is -1.00. The predicted molar refractivity (Wildman–Crippen MR) is 67.8 cm³/mol. The van der Waals surface area contributed by atoms with E-state index in [1.165, 1.54) is 6.20 Å². The van der Waals surface area contributed by atoms with Crippen molar-refractivity contribution in [3.05, 3.63) is 23.5 Å². The van der Waals surface area contributed by atoms with Crippen LogP contribution in [0.3, 0.4) is 0 Å². The molecule has 1 aliphatic rings. The van der Waals surface area contributed by atoms with E-state index in [9.17, 15) is 9.90 Å². The molecule has 2 rings (SSSR count). The van der Waals surface area contributed by atoms with Crippen LogP contribution in [-0.2, 0) is 0 Å². The molecule has 98 valence electrons. The summed E-state index contributed by atoms with van der Waals surface area (Å²) in [7, 11) is 0. The molecule has 5 nitrogen and oxygen atoms in total. The molecule has 1 aromatic rings. The molecule has 0 bridgehead atoms. The zero-order valence-corrected chi connectivity index (χ0v) is 10.4. The SMILES string of the molecule is Cc1cc(NC2CCCCC2O)c(C(=O)O)cn1. The van der Waals surface area contributed by atoms with E-state index in [0.29, 0.717) is 5.69 Å². The first kappa shape index (κ1) is 12.8. The van der Waals surface area contributed by atoms with Crippen LogP contribution in [0, 0.1) is 6.92 Å². The van der Waals surface area contributed by atoms with Crippen LogP contribution in [0.15, 0.2) is 12.3 Å². The number of rotatable bonds is 3. The Labute approximate surface area is 106 Å². The first-order valence-electron chi connectivity index (χ1n) is 6.22. The second-order valence-electron chi connectivity index (χ2n) is 4.78. The normalized spacial score (nSPS) is 23.7. The maximum absolute atomic E-state index is 11.1. The lowest BCUT2D eigenvalue weighted by molar-refractivity contribution is 0.0696. The Bertz CT molecular complexity index is 448. The summed E-state index contributed by atoms with van der Waals surface area (Å²) in [6.45, 7) is 1.81. The van der Waals surface area contributed by atoms with Crippen molar-refractivity contribution in [3.63, 3.8) is 0 Å². The van der Waals surface area contributed by atoms with Gasteiger partial charge < -0.3 is 15.5 Å². The van der Waals surface area contributed by atoms with Crippen molar-refractivity contribution in [1.82, 2.24) is 4.98 Å². The van der Waals surface area contributed by atoms with Gasteiger partial charge >= 0.3 is 5.97 Å². The van der Waals surface area contributed by atoms with Gasteiger partial charge in [0.1, 0.15) is 5.56 Å². The number of aliphatic hydroxyl groups excluding tert-OH is 1. The van der Waals surface area contributed by atoms with Gasteiger partial charge in [0, 0.05) is 11.9 Å². The van der Waals surface area contributed by atoms with Crippen molar-refractivity contribution in [2.45, 2.75) is 44.8 Å². The first-order valence-corrected chi connectivity index (χ1v) is 6.22. The number of carbonyl (C=O) groups is 1. The number of pyridine rings is 1. The average molecular weight is 250 g/mol. The second-order valence-corrected chi connectivity index (χ2v) is 4.78. The minimum absolute atomic E-state index is 0.0707. The van der Waals surface area contributed by atoms with Crippen LogP contribution in [0.25, 0.3) is 0 Å². The summed E-state index contributed by atoms with van der Waals surface area (Å²) in [5, 5.41) is 22.2. The van der Waals surface area contributed by atoms with Crippen molar-refractivity contribution in [2.75, 3.05) is 5.32 Å². The molecule has 2 atom stereocenters. The third-order valence-corrected chi connectivity index (χ3v) is 3.34. The van der Waals surface area contributed by atoms with Gasteiger partial charge in [-0.1, -0.05) is 12.8 Å². The number of aromatic carboxylic acids is 1. The minimum Gasteiger partial charge on any atom is -0.478 e. The molecule has 0 aliphatic heterocycles. The fourth-order valence-corrected chi connectivity index (χ4v) is 2.33. The van der Waals surface area contributed by atoms with Crippen LogP contribution < -0.4 is 5.32 Å². The van der Waals surface area contributed by atoms with Crippen molar-refractivity contribution in [2.24, 2.45) is 0 Å². The van der Waals surface area contributed by atoms with E-state index >= 15 is 0 Å². The first-order chi connectivity index (χ1) is 8.58.